The SMILES string of the molecule is Nc1nc(SC2c3ccccc3-c3ccccc32)n[nH]1. The van der Waals surface area contributed by atoms with E-state index in [0.717, 1.165) is 0 Å². The van der Waals surface area contributed by atoms with E-state index in [4.69, 9.17) is 5.73 Å². The fourth-order valence-electron chi connectivity index (χ4n) is 2.65. The van der Waals surface area contributed by atoms with E-state index < -0.39 is 0 Å². The van der Waals surface area contributed by atoms with Gasteiger partial charge in [0.1, 0.15) is 0 Å². The smallest absolute Gasteiger partial charge is 0.216 e. The number of hydrogen-bond acceptors (Lipinski definition) is 4. The standard InChI is InChI=1S/C15H12N4S/c16-14-17-15(19-18-14)20-13-11-7-3-1-5-9(11)10-6-2-4-8-12(10)13/h1-8,13H,(H3,16,17,18,19). The molecule has 3 aromatic rings. The number of nitrogen functional groups attached to an aromatic ring is 1. The van der Waals surface area contributed by atoms with Crippen molar-refractivity contribution in [1.29, 1.82) is 0 Å². The van der Waals surface area contributed by atoms with Crippen LogP contribution in [0, 0.1) is 0 Å². The first-order chi connectivity index (χ1) is 9.83. The van der Waals surface area contributed by atoms with E-state index in [9.17, 15) is 0 Å². The molecule has 1 aromatic heterocycles. The summed E-state index contributed by atoms with van der Waals surface area (Å²) in [6.45, 7) is 0. The normalized spacial score (nSPS) is 13.2. The molecular formula is C15H12N4S. The summed E-state index contributed by atoms with van der Waals surface area (Å²) in [5, 5.41) is 7.71. The molecule has 1 heterocycles. The molecule has 0 amide bonds. The Labute approximate surface area is 120 Å². The van der Waals surface area contributed by atoms with Gasteiger partial charge in [-0.05, 0) is 22.3 Å². The number of H-pyrrole nitrogens is 1. The van der Waals surface area contributed by atoms with Crippen molar-refractivity contribution < 1.29 is 0 Å². The van der Waals surface area contributed by atoms with Crippen LogP contribution < -0.4 is 5.73 Å². The number of benzene rings is 2. The number of hydrogen-bond donors (Lipinski definition) is 2. The summed E-state index contributed by atoms with van der Waals surface area (Å²) in [5.41, 5.74) is 10.8. The minimum Gasteiger partial charge on any atom is -0.368 e. The minimum atomic E-state index is 0.220. The summed E-state index contributed by atoms with van der Waals surface area (Å²) in [6, 6.07) is 17.0. The van der Waals surface area contributed by atoms with E-state index >= 15 is 0 Å². The Hall–Kier alpha value is -2.27. The van der Waals surface area contributed by atoms with Crippen molar-refractivity contribution in [3.05, 3.63) is 59.7 Å². The third-order valence-electron chi connectivity index (χ3n) is 3.48. The molecule has 0 saturated carbocycles. The van der Waals surface area contributed by atoms with Crippen molar-refractivity contribution in [2.45, 2.75) is 10.4 Å². The summed E-state index contributed by atoms with van der Waals surface area (Å²) in [6.07, 6.45) is 0. The Morgan fingerprint density at radius 2 is 1.55 bits per heavy atom. The van der Waals surface area contributed by atoms with Crippen molar-refractivity contribution in [3.8, 4) is 11.1 Å². The number of nitrogens with zero attached hydrogens (tertiary/aromatic N) is 2. The van der Waals surface area contributed by atoms with E-state index in [1.807, 2.05) is 0 Å². The molecule has 4 nitrogen and oxygen atoms in total. The third-order valence-corrected chi connectivity index (χ3v) is 4.62. The van der Waals surface area contributed by atoms with Gasteiger partial charge in [-0.1, -0.05) is 60.3 Å². The molecule has 0 radical (unpaired) electrons. The van der Waals surface area contributed by atoms with Gasteiger partial charge in [-0.15, -0.1) is 5.10 Å². The monoisotopic (exact) mass is 280 g/mol. The Kier molecular flexibility index (Phi) is 2.53. The van der Waals surface area contributed by atoms with Crippen LogP contribution in [0.5, 0.6) is 0 Å². The fourth-order valence-corrected chi connectivity index (χ4v) is 3.78. The van der Waals surface area contributed by atoms with Crippen LogP contribution in [-0.2, 0) is 0 Å². The summed E-state index contributed by atoms with van der Waals surface area (Å²) in [5.74, 6) is 0.354. The number of nitrogens with two attached hydrogens (primary N) is 1. The topological polar surface area (TPSA) is 67.6 Å². The Bertz CT molecular complexity index is 735. The van der Waals surface area contributed by atoms with Gasteiger partial charge in [0.05, 0.1) is 5.25 Å². The van der Waals surface area contributed by atoms with Gasteiger partial charge in [-0.3, -0.25) is 0 Å². The second kappa shape index (κ2) is 4.38. The van der Waals surface area contributed by atoms with Crippen LogP contribution >= 0.6 is 11.8 Å². The summed E-state index contributed by atoms with van der Waals surface area (Å²) < 4.78 is 0. The fraction of sp³-hybridized carbons (Fsp3) is 0.0667. The molecule has 0 atom stereocenters. The zero-order chi connectivity index (χ0) is 13.5. The molecule has 4 rings (SSSR count). The molecule has 0 aliphatic heterocycles. The Morgan fingerprint density at radius 1 is 0.950 bits per heavy atom. The average molecular weight is 280 g/mol. The van der Waals surface area contributed by atoms with E-state index in [2.05, 4.69) is 63.7 Å². The van der Waals surface area contributed by atoms with Crippen molar-refractivity contribution in [2.75, 3.05) is 5.73 Å². The van der Waals surface area contributed by atoms with Gasteiger partial charge in [0, 0.05) is 0 Å². The number of rotatable bonds is 2. The molecule has 0 saturated heterocycles. The molecule has 20 heavy (non-hydrogen) atoms. The number of aromatic amines is 1. The van der Waals surface area contributed by atoms with Crippen molar-refractivity contribution in [1.82, 2.24) is 15.2 Å². The van der Waals surface area contributed by atoms with Gasteiger partial charge < -0.3 is 5.73 Å². The molecule has 3 N–H and O–H groups in total. The van der Waals surface area contributed by atoms with E-state index in [1.54, 1.807) is 11.8 Å². The van der Waals surface area contributed by atoms with Gasteiger partial charge in [0.2, 0.25) is 11.1 Å². The number of thioether (sulfide) groups is 1. The van der Waals surface area contributed by atoms with Crippen LogP contribution in [-0.4, -0.2) is 15.2 Å². The number of nitrogens with one attached hydrogen (secondary N) is 1. The average Bonchev–Trinajstić information content (AvgIpc) is 3.03. The summed E-state index contributed by atoms with van der Waals surface area (Å²) >= 11 is 1.62. The first kappa shape index (κ1) is 11.5. The summed E-state index contributed by atoms with van der Waals surface area (Å²) in [7, 11) is 0. The quantitative estimate of drug-likeness (QED) is 0.756. The predicted octanol–water partition coefficient (Wildman–Crippen LogP) is 3.25. The minimum absolute atomic E-state index is 0.220. The lowest BCUT2D eigenvalue weighted by atomic mass is 10.1. The highest BCUT2D eigenvalue weighted by molar-refractivity contribution is 7.99. The number of fused-ring (bicyclic) bond motifs is 3. The molecule has 0 spiro atoms. The molecule has 98 valence electrons. The van der Waals surface area contributed by atoms with E-state index in [0.29, 0.717) is 11.1 Å². The lowest BCUT2D eigenvalue weighted by Gasteiger charge is -2.10. The number of anilines is 1. The van der Waals surface area contributed by atoms with Gasteiger partial charge in [-0.2, -0.15) is 4.98 Å². The summed E-state index contributed by atoms with van der Waals surface area (Å²) in [4.78, 5) is 4.19. The highest BCUT2D eigenvalue weighted by Crippen LogP contribution is 2.51. The third kappa shape index (κ3) is 1.71. The molecule has 2 aromatic carbocycles. The van der Waals surface area contributed by atoms with Gasteiger partial charge in [-0.25, -0.2) is 5.10 Å². The lowest BCUT2D eigenvalue weighted by molar-refractivity contribution is 0.968. The highest BCUT2D eigenvalue weighted by Gasteiger charge is 2.29. The zero-order valence-electron chi connectivity index (χ0n) is 10.6. The molecular weight excluding hydrogens is 268 g/mol. The van der Waals surface area contributed by atoms with Crippen LogP contribution in [0.15, 0.2) is 53.7 Å². The lowest BCUT2D eigenvalue weighted by Crippen LogP contribution is -1.92. The van der Waals surface area contributed by atoms with Crippen LogP contribution in [0.3, 0.4) is 0 Å². The largest absolute Gasteiger partial charge is 0.368 e. The number of aromatic nitrogens is 3. The maximum atomic E-state index is 5.60. The maximum absolute atomic E-state index is 5.60. The predicted molar refractivity (Wildman–Crippen MR) is 80.4 cm³/mol. The van der Waals surface area contributed by atoms with Gasteiger partial charge in [0.15, 0.2) is 0 Å². The molecule has 0 bridgehead atoms. The van der Waals surface area contributed by atoms with Crippen LogP contribution in [0.2, 0.25) is 0 Å². The molecule has 5 heteroatoms. The Balaban J connectivity index is 1.83. The Morgan fingerprint density at radius 3 is 2.10 bits per heavy atom. The molecule has 1 aliphatic rings. The van der Waals surface area contributed by atoms with Crippen LogP contribution in [0.25, 0.3) is 11.1 Å². The zero-order valence-corrected chi connectivity index (χ0v) is 11.4. The highest BCUT2D eigenvalue weighted by atomic mass is 32.2. The second-order valence-corrected chi connectivity index (χ2v) is 5.75. The van der Waals surface area contributed by atoms with Crippen molar-refractivity contribution in [3.63, 3.8) is 0 Å². The molecule has 0 unspecified atom stereocenters. The van der Waals surface area contributed by atoms with Crippen LogP contribution in [0.1, 0.15) is 16.4 Å². The van der Waals surface area contributed by atoms with Gasteiger partial charge >= 0.3 is 0 Å². The van der Waals surface area contributed by atoms with Crippen molar-refractivity contribution in [2.24, 2.45) is 0 Å². The van der Waals surface area contributed by atoms with E-state index in [1.165, 1.54) is 22.3 Å². The molecule has 0 fully saturated rings. The van der Waals surface area contributed by atoms with Crippen molar-refractivity contribution >= 4 is 17.7 Å². The first-order valence-corrected chi connectivity index (χ1v) is 7.23. The second-order valence-electron chi connectivity index (χ2n) is 4.68. The molecule has 1 aliphatic carbocycles. The van der Waals surface area contributed by atoms with Gasteiger partial charge in [0.25, 0.3) is 0 Å². The van der Waals surface area contributed by atoms with E-state index in [-0.39, 0.29) is 5.25 Å². The van der Waals surface area contributed by atoms with Crippen LogP contribution in [0.4, 0.5) is 5.95 Å². The maximum Gasteiger partial charge on any atom is 0.216 e. The first-order valence-electron chi connectivity index (χ1n) is 6.35.